The van der Waals surface area contributed by atoms with E-state index in [2.05, 4.69) is 34.3 Å². The molecule has 0 spiro atoms. The van der Waals surface area contributed by atoms with E-state index in [1.165, 1.54) is 19.4 Å². The van der Waals surface area contributed by atoms with Gasteiger partial charge in [0.05, 0.1) is 6.54 Å². The summed E-state index contributed by atoms with van der Waals surface area (Å²) in [4.78, 5) is 7.00. The van der Waals surface area contributed by atoms with Crippen LogP contribution in [0.2, 0.25) is 0 Å². The molecule has 1 heterocycles. The maximum Gasteiger partial charge on any atom is 0.188 e. The average molecular weight is 367 g/mol. The Kier molecular flexibility index (Phi) is 7.11. The van der Waals surface area contributed by atoms with Crippen molar-refractivity contribution in [3.8, 4) is 5.75 Å². The first-order valence-corrected chi connectivity index (χ1v) is 9.78. The van der Waals surface area contributed by atoms with E-state index >= 15 is 0 Å². The summed E-state index contributed by atoms with van der Waals surface area (Å²) in [5.41, 5.74) is 8.26. The van der Waals surface area contributed by atoms with Crippen LogP contribution >= 0.6 is 0 Å². The zero-order valence-corrected chi connectivity index (χ0v) is 16.1. The SMILES string of the molecule is CCN1CCCC1CNC(N)=NCc1ccccc1OCc1ccccc1. The standard InChI is InChI=1S/C22H30N4O/c1-2-26-14-8-12-20(26)16-25-22(23)24-15-19-11-6-7-13-21(19)27-17-18-9-4-3-5-10-18/h3-7,9-11,13,20H,2,8,12,14-17H2,1H3,(H3,23,24,25). The van der Waals surface area contributed by atoms with E-state index in [1.54, 1.807) is 0 Å². The lowest BCUT2D eigenvalue weighted by molar-refractivity contribution is 0.267. The van der Waals surface area contributed by atoms with Gasteiger partial charge in [-0.3, -0.25) is 4.90 Å². The van der Waals surface area contributed by atoms with Gasteiger partial charge in [-0.2, -0.15) is 0 Å². The Balaban J connectivity index is 1.53. The van der Waals surface area contributed by atoms with Crippen LogP contribution in [-0.2, 0) is 13.2 Å². The fourth-order valence-corrected chi connectivity index (χ4v) is 3.50. The third-order valence-corrected chi connectivity index (χ3v) is 5.05. The molecule has 1 aliphatic rings. The quantitative estimate of drug-likeness (QED) is 0.556. The largest absolute Gasteiger partial charge is 0.489 e. The summed E-state index contributed by atoms with van der Waals surface area (Å²) < 4.78 is 5.99. The number of guanidine groups is 1. The van der Waals surface area contributed by atoms with Crippen molar-refractivity contribution in [3.63, 3.8) is 0 Å². The number of benzene rings is 2. The first-order chi connectivity index (χ1) is 13.3. The fourth-order valence-electron chi connectivity index (χ4n) is 3.50. The van der Waals surface area contributed by atoms with Crippen LogP contribution in [0.1, 0.15) is 30.9 Å². The first kappa shape index (κ1) is 19.2. The van der Waals surface area contributed by atoms with Gasteiger partial charge in [-0.1, -0.05) is 55.5 Å². The van der Waals surface area contributed by atoms with Crippen molar-refractivity contribution in [1.29, 1.82) is 0 Å². The number of hydrogen-bond acceptors (Lipinski definition) is 3. The molecule has 1 atom stereocenters. The van der Waals surface area contributed by atoms with Crippen LogP contribution in [0, 0.1) is 0 Å². The maximum atomic E-state index is 6.08. The summed E-state index contributed by atoms with van der Waals surface area (Å²) in [5, 5.41) is 3.28. The highest BCUT2D eigenvalue weighted by Crippen LogP contribution is 2.20. The van der Waals surface area contributed by atoms with Crippen LogP contribution in [0.25, 0.3) is 0 Å². The van der Waals surface area contributed by atoms with Crippen molar-refractivity contribution in [3.05, 3.63) is 65.7 Å². The topological polar surface area (TPSA) is 62.9 Å². The molecule has 0 bridgehead atoms. The van der Waals surface area contributed by atoms with Gasteiger partial charge in [0, 0.05) is 18.2 Å². The number of nitrogens with two attached hydrogens (primary N) is 1. The van der Waals surface area contributed by atoms with Crippen LogP contribution in [0.4, 0.5) is 0 Å². The third kappa shape index (κ3) is 5.73. The van der Waals surface area contributed by atoms with E-state index in [1.807, 2.05) is 42.5 Å². The van der Waals surface area contributed by atoms with Gasteiger partial charge in [-0.05, 0) is 37.6 Å². The zero-order chi connectivity index (χ0) is 18.9. The molecule has 0 aliphatic carbocycles. The molecule has 3 rings (SSSR count). The molecule has 144 valence electrons. The Bertz CT molecular complexity index is 732. The van der Waals surface area contributed by atoms with Gasteiger partial charge < -0.3 is 15.8 Å². The predicted molar refractivity (Wildman–Crippen MR) is 111 cm³/mol. The van der Waals surface area contributed by atoms with E-state index in [4.69, 9.17) is 10.5 Å². The Hall–Kier alpha value is -2.53. The number of para-hydroxylation sites is 1. The molecule has 0 amide bonds. The highest BCUT2D eigenvalue weighted by molar-refractivity contribution is 5.77. The number of nitrogens with zero attached hydrogens (tertiary/aromatic N) is 2. The minimum atomic E-state index is 0.496. The van der Waals surface area contributed by atoms with Gasteiger partial charge in [0.25, 0.3) is 0 Å². The number of ether oxygens (including phenoxy) is 1. The van der Waals surface area contributed by atoms with Crippen molar-refractivity contribution in [1.82, 2.24) is 10.2 Å². The summed E-state index contributed by atoms with van der Waals surface area (Å²) in [6, 6.07) is 18.7. The second-order valence-corrected chi connectivity index (χ2v) is 6.89. The molecule has 2 aromatic rings. The molecular formula is C22H30N4O. The molecule has 0 saturated carbocycles. The number of rotatable bonds is 8. The molecule has 5 heteroatoms. The second kappa shape index (κ2) is 9.97. The Morgan fingerprint density at radius 3 is 2.78 bits per heavy atom. The molecule has 1 unspecified atom stereocenters. The van der Waals surface area contributed by atoms with Crippen molar-refractivity contribution >= 4 is 5.96 Å². The lowest BCUT2D eigenvalue weighted by Gasteiger charge is -2.23. The molecule has 3 N–H and O–H groups in total. The molecule has 1 saturated heterocycles. The number of likely N-dealkylation sites (tertiary alicyclic amines) is 1. The summed E-state index contributed by atoms with van der Waals surface area (Å²) in [5.74, 6) is 1.35. The summed E-state index contributed by atoms with van der Waals surface area (Å²) in [7, 11) is 0. The lowest BCUT2D eigenvalue weighted by Crippen LogP contribution is -2.42. The van der Waals surface area contributed by atoms with Crippen LogP contribution in [0.15, 0.2) is 59.6 Å². The van der Waals surface area contributed by atoms with Crippen molar-refractivity contribution in [2.45, 2.75) is 39.0 Å². The first-order valence-electron chi connectivity index (χ1n) is 9.78. The van der Waals surface area contributed by atoms with Gasteiger partial charge in [0.2, 0.25) is 0 Å². The van der Waals surface area contributed by atoms with Gasteiger partial charge in [-0.25, -0.2) is 4.99 Å². The third-order valence-electron chi connectivity index (χ3n) is 5.05. The molecule has 2 aromatic carbocycles. The minimum Gasteiger partial charge on any atom is -0.489 e. The second-order valence-electron chi connectivity index (χ2n) is 6.89. The summed E-state index contributed by atoms with van der Waals surface area (Å²) in [6.45, 7) is 6.40. The van der Waals surface area contributed by atoms with E-state index in [9.17, 15) is 0 Å². The highest BCUT2D eigenvalue weighted by Gasteiger charge is 2.22. The molecule has 27 heavy (non-hydrogen) atoms. The van der Waals surface area contributed by atoms with Crippen LogP contribution in [0.3, 0.4) is 0 Å². The van der Waals surface area contributed by atoms with Crippen LogP contribution in [-0.4, -0.2) is 36.5 Å². The van der Waals surface area contributed by atoms with Crippen molar-refractivity contribution in [2.24, 2.45) is 10.7 Å². The monoisotopic (exact) mass is 366 g/mol. The van der Waals surface area contributed by atoms with E-state index in [-0.39, 0.29) is 0 Å². The normalized spacial score (nSPS) is 17.8. The number of aliphatic imine (C=N–C) groups is 1. The number of nitrogens with one attached hydrogen (secondary N) is 1. The van der Waals surface area contributed by atoms with E-state index < -0.39 is 0 Å². The highest BCUT2D eigenvalue weighted by atomic mass is 16.5. The number of hydrogen-bond donors (Lipinski definition) is 2. The zero-order valence-electron chi connectivity index (χ0n) is 16.1. The summed E-state index contributed by atoms with van der Waals surface area (Å²) >= 11 is 0. The summed E-state index contributed by atoms with van der Waals surface area (Å²) in [6.07, 6.45) is 2.49. The van der Waals surface area contributed by atoms with Crippen LogP contribution < -0.4 is 15.8 Å². The predicted octanol–water partition coefficient (Wildman–Crippen LogP) is 3.15. The Morgan fingerprint density at radius 1 is 1.19 bits per heavy atom. The van der Waals surface area contributed by atoms with Crippen molar-refractivity contribution < 1.29 is 4.74 Å². The molecule has 1 fully saturated rings. The molecular weight excluding hydrogens is 336 g/mol. The Morgan fingerprint density at radius 2 is 1.96 bits per heavy atom. The molecule has 0 aromatic heterocycles. The van der Waals surface area contributed by atoms with Gasteiger partial charge in [-0.15, -0.1) is 0 Å². The molecule has 0 radical (unpaired) electrons. The Labute approximate surface area is 162 Å². The number of likely N-dealkylation sites (N-methyl/N-ethyl adjacent to an activating group) is 1. The van der Waals surface area contributed by atoms with Crippen LogP contribution in [0.5, 0.6) is 5.75 Å². The fraction of sp³-hybridized carbons (Fsp3) is 0.409. The smallest absolute Gasteiger partial charge is 0.188 e. The van der Waals surface area contributed by atoms with Gasteiger partial charge >= 0.3 is 0 Å². The van der Waals surface area contributed by atoms with E-state index in [0.717, 1.165) is 30.0 Å². The van der Waals surface area contributed by atoms with Gasteiger partial charge in [0.1, 0.15) is 12.4 Å². The molecule has 1 aliphatic heterocycles. The molecule has 5 nitrogen and oxygen atoms in total. The van der Waals surface area contributed by atoms with Crippen molar-refractivity contribution in [2.75, 3.05) is 19.6 Å². The van der Waals surface area contributed by atoms with E-state index in [0.29, 0.717) is 25.2 Å². The average Bonchev–Trinajstić information content (AvgIpc) is 3.18. The van der Waals surface area contributed by atoms with Gasteiger partial charge in [0.15, 0.2) is 5.96 Å². The minimum absolute atomic E-state index is 0.496. The lowest BCUT2D eigenvalue weighted by atomic mass is 10.2. The maximum absolute atomic E-state index is 6.08.